The van der Waals surface area contributed by atoms with Gasteiger partial charge in [0.05, 0.1) is 8.95 Å². The summed E-state index contributed by atoms with van der Waals surface area (Å²) in [7, 11) is 0. The third-order valence-corrected chi connectivity index (χ3v) is 7.41. The van der Waals surface area contributed by atoms with E-state index in [1.807, 2.05) is 33.8 Å². The molecule has 0 unspecified atom stereocenters. The number of hydrogen-bond acceptors (Lipinski definition) is 4. The van der Waals surface area contributed by atoms with Crippen LogP contribution in [0.15, 0.2) is 27.1 Å². The van der Waals surface area contributed by atoms with E-state index in [0.717, 1.165) is 12.0 Å². The number of nitrogens with one attached hydrogen (secondary N) is 1. The summed E-state index contributed by atoms with van der Waals surface area (Å²) >= 11 is 7.05. The van der Waals surface area contributed by atoms with Gasteiger partial charge in [0.25, 0.3) is 0 Å². The van der Waals surface area contributed by atoms with Crippen LogP contribution in [0.4, 0.5) is 5.69 Å². The second-order valence-corrected chi connectivity index (χ2v) is 9.95. The van der Waals surface area contributed by atoms with Crippen molar-refractivity contribution in [3.05, 3.63) is 43.8 Å². The number of hydrogen-bond donors (Lipinski definition) is 3. The molecule has 3 N–H and O–H groups in total. The largest absolute Gasteiger partial charge is 0.507 e. The normalized spacial score (nSPS) is 14.8. The van der Waals surface area contributed by atoms with Crippen molar-refractivity contribution in [2.45, 2.75) is 52.9 Å². The summed E-state index contributed by atoms with van der Waals surface area (Å²) < 4.78 is 7.36. The van der Waals surface area contributed by atoms with Crippen LogP contribution >= 0.6 is 31.9 Å². The van der Waals surface area contributed by atoms with Crippen molar-refractivity contribution in [1.82, 2.24) is 0 Å². The highest BCUT2D eigenvalue weighted by molar-refractivity contribution is 9.11. The van der Waals surface area contributed by atoms with Crippen molar-refractivity contribution in [3.63, 3.8) is 0 Å². The highest BCUT2D eigenvalue weighted by Crippen LogP contribution is 2.46. The minimum absolute atomic E-state index is 0.126. The molecule has 166 valence electrons. The molecule has 31 heavy (non-hydrogen) atoms. The summed E-state index contributed by atoms with van der Waals surface area (Å²) in [5, 5.41) is 22.6. The zero-order chi connectivity index (χ0) is 23.1. The monoisotopic (exact) mass is 553 g/mol. The van der Waals surface area contributed by atoms with Crippen molar-refractivity contribution in [3.8, 4) is 17.2 Å². The number of aromatic hydroxyl groups is 1. The van der Waals surface area contributed by atoms with Gasteiger partial charge in [-0.3, -0.25) is 9.59 Å². The van der Waals surface area contributed by atoms with E-state index in [1.54, 1.807) is 12.1 Å². The standard InChI is InChI=1S/C23H25Br2NO5/c1-11(2)15-9-14(8-12(3)19(15)27)31-20-16(24)10-17(13(4)18(20)25)26-21(28)23(22(29)30)6-5-7-23/h8-11,27H,5-7H2,1-4H3,(H,26,28)(H,29,30). The molecule has 1 aliphatic carbocycles. The highest BCUT2D eigenvalue weighted by Gasteiger charge is 2.51. The average molecular weight is 555 g/mol. The molecule has 6 nitrogen and oxygen atoms in total. The fourth-order valence-electron chi connectivity index (χ4n) is 3.62. The van der Waals surface area contributed by atoms with Crippen LogP contribution in [0.5, 0.6) is 17.2 Å². The maximum Gasteiger partial charge on any atom is 0.319 e. The number of halogens is 2. The van der Waals surface area contributed by atoms with E-state index in [-0.39, 0.29) is 11.7 Å². The Morgan fingerprint density at radius 3 is 2.32 bits per heavy atom. The summed E-state index contributed by atoms with van der Waals surface area (Å²) in [5.74, 6) is -0.101. The molecule has 8 heteroatoms. The first kappa shape index (κ1) is 23.6. The number of carboxylic acids is 1. The molecule has 1 fully saturated rings. The van der Waals surface area contributed by atoms with Gasteiger partial charge in [0.15, 0.2) is 5.75 Å². The number of phenols is 1. The number of phenolic OH excluding ortho intramolecular Hbond substituents is 1. The van der Waals surface area contributed by atoms with Crippen molar-refractivity contribution in [2.24, 2.45) is 5.41 Å². The van der Waals surface area contributed by atoms with E-state index >= 15 is 0 Å². The summed E-state index contributed by atoms with van der Waals surface area (Å²) in [6, 6.07) is 5.28. The van der Waals surface area contributed by atoms with E-state index in [1.165, 1.54) is 0 Å². The van der Waals surface area contributed by atoms with Gasteiger partial charge < -0.3 is 20.3 Å². The molecule has 0 bridgehead atoms. The quantitative estimate of drug-likeness (QED) is 0.348. The van der Waals surface area contributed by atoms with E-state index in [2.05, 4.69) is 37.2 Å². The molecule has 0 heterocycles. The maximum absolute atomic E-state index is 12.7. The predicted molar refractivity (Wildman–Crippen MR) is 126 cm³/mol. The van der Waals surface area contributed by atoms with Crippen LogP contribution in [0.25, 0.3) is 0 Å². The lowest BCUT2D eigenvalue weighted by Gasteiger charge is -2.36. The highest BCUT2D eigenvalue weighted by atomic mass is 79.9. The van der Waals surface area contributed by atoms with Crippen LogP contribution in [-0.2, 0) is 9.59 Å². The Balaban J connectivity index is 1.92. The minimum Gasteiger partial charge on any atom is -0.507 e. The second kappa shape index (κ2) is 8.82. The van der Waals surface area contributed by atoms with Crippen LogP contribution in [0.2, 0.25) is 0 Å². The molecule has 0 atom stereocenters. The molecule has 2 aromatic rings. The summed E-state index contributed by atoms with van der Waals surface area (Å²) in [6.07, 6.45) is 1.41. The Morgan fingerprint density at radius 1 is 1.16 bits per heavy atom. The zero-order valence-electron chi connectivity index (χ0n) is 17.8. The first-order chi connectivity index (χ1) is 14.5. The number of amides is 1. The first-order valence-electron chi connectivity index (χ1n) is 10.0. The average Bonchev–Trinajstić information content (AvgIpc) is 2.64. The molecule has 0 spiro atoms. The van der Waals surface area contributed by atoms with Crippen LogP contribution in [0.1, 0.15) is 55.7 Å². The second-order valence-electron chi connectivity index (χ2n) is 8.30. The van der Waals surface area contributed by atoms with Crippen LogP contribution in [0.3, 0.4) is 0 Å². The third-order valence-electron chi connectivity index (χ3n) is 5.87. The van der Waals surface area contributed by atoms with Gasteiger partial charge in [0.2, 0.25) is 5.91 Å². The predicted octanol–water partition coefficient (Wildman–Crippen LogP) is 6.64. The van der Waals surface area contributed by atoms with E-state index in [4.69, 9.17) is 4.74 Å². The Hall–Kier alpha value is -2.06. The van der Waals surface area contributed by atoms with E-state index in [9.17, 15) is 19.8 Å². The van der Waals surface area contributed by atoms with E-state index < -0.39 is 17.3 Å². The van der Waals surface area contributed by atoms with Gasteiger partial charge >= 0.3 is 5.97 Å². The SMILES string of the molecule is Cc1cc(Oc2c(Br)cc(NC(=O)C3(C(=O)O)CCC3)c(C)c2Br)cc(C(C)C)c1O. The summed E-state index contributed by atoms with van der Waals surface area (Å²) in [6.45, 7) is 7.63. The van der Waals surface area contributed by atoms with Gasteiger partial charge in [0, 0.05) is 11.3 Å². The maximum atomic E-state index is 12.7. The number of anilines is 1. The number of rotatable bonds is 6. The molecule has 2 aromatic carbocycles. The van der Waals surface area contributed by atoms with Gasteiger partial charge in [-0.2, -0.15) is 0 Å². The number of aryl methyl sites for hydroxylation is 1. The van der Waals surface area contributed by atoms with Crippen LogP contribution in [-0.4, -0.2) is 22.1 Å². The summed E-state index contributed by atoms with van der Waals surface area (Å²) in [4.78, 5) is 24.3. The van der Waals surface area contributed by atoms with Crippen LogP contribution in [0, 0.1) is 19.3 Å². The third kappa shape index (κ3) is 4.32. The lowest BCUT2D eigenvalue weighted by molar-refractivity contribution is -0.159. The zero-order valence-corrected chi connectivity index (χ0v) is 21.0. The lowest BCUT2D eigenvalue weighted by Crippen LogP contribution is -2.48. The van der Waals surface area contributed by atoms with Gasteiger partial charge in [-0.1, -0.05) is 20.3 Å². The molecule has 0 aliphatic heterocycles. The smallest absolute Gasteiger partial charge is 0.319 e. The molecule has 1 amide bonds. The Morgan fingerprint density at radius 2 is 1.81 bits per heavy atom. The van der Waals surface area contributed by atoms with Crippen molar-refractivity contribution >= 4 is 49.4 Å². The van der Waals surface area contributed by atoms with Gasteiger partial charge in [-0.25, -0.2) is 0 Å². The van der Waals surface area contributed by atoms with Crippen molar-refractivity contribution in [2.75, 3.05) is 5.32 Å². The molecule has 3 rings (SSSR count). The van der Waals surface area contributed by atoms with Gasteiger partial charge in [0.1, 0.15) is 16.9 Å². The van der Waals surface area contributed by atoms with Crippen molar-refractivity contribution < 1.29 is 24.5 Å². The van der Waals surface area contributed by atoms with Gasteiger partial charge in [-0.05, 0) is 93.8 Å². The lowest BCUT2D eigenvalue weighted by atomic mass is 9.68. The van der Waals surface area contributed by atoms with Crippen molar-refractivity contribution in [1.29, 1.82) is 0 Å². The molecule has 0 aromatic heterocycles. The molecular formula is C23H25Br2NO5. The number of ether oxygens (including phenoxy) is 1. The molecule has 0 saturated heterocycles. The minimum atomic E-state index is -1.35. The number of benzene rings is 2. The van der Waals surface area contributed by atoms with Gasteiger partial charge in [-0.15, -0.1) is 0 Å². The number of aliphatic carboxylic acids is 1. The molecule has 0 radical (unpaired) electrons. The topological polar surface area (TPSA) is 95.9 Å². The Labute approximate surface area is 198 Å². The number of carboxylic acid groups (broad SMARTS) is 1. The van der Waals surface area contributed by atoms with Crippen LogP contribution < -0.4 is 10.1 Å². The number of carbonyl (C=O) groups is 2. The molecular weight excluding hydrogens is 530 g/mol. The fourth-order valence-corrected chi connectivity index (χ4v) is 4.90. The summed E-state index contributed by atoms with van der Waals surface area (Å²) in [5.41, 5.74) is 1.38. The Bertz CT molecular complexity index is 1060. The molecule has 1 aliphatic rings. The first-order valence-corrected chi connectivity index (χ1v) is 11.6. The number of carbonyl (C=O) groups excluding carboxylic acids is 1. The molecule has 1 saturated carbocycles. The van der Waals surface area contributed by atoms with E-state index in [0.29, 0.717) is 50.1 Å². The Kier molecular flexibility index (Phi) is 6.72. The fraction of sp³-hybridized carbons (Fsp3) is 0.391.